The Balaban J connectivity index is 1.26. The number of amidine groups is 1. The summed E-state index contributed by atoms with van der Waals surface area (Å²) in [5.74, 6) is 12.4. The van der Waals surface area contributed by atoms with E-state index in [-0.39, 0.29) is 5.91 Å². The van der Waals surface area contributed by atoms with Gasteiger partial charge in [0.05, 0.1) is 19.3 Å². The highest BCUT2D eigenvalue weighted by Gasteiger charge is 2.24. The van der Waals surface area contributed by atoms with Gasteiger partial charge in [0.15, 0.2) is 5.84 Å². The lowest BCUT2D eigenvalue weighted by Crippen LogP contribution is -2.35. The number of amides is 1. The van der Waals surface area contributed by atoms with E-state index < -0.39 is 0 Å². The van der Waals surface area contributed by atoms with Crippen LogP contribution < -0.4 is 26.7 Å². The standard InChI is InChI=1S/C32H37N7O2/c1-22-8-3-14-30(23(22)2)41-17-7-15-31(40)39-16-6-12-28-27(11-5-13-29(28)39)26-19-35-38(21-26)20-24-9-4-10-25(18-24)32(36-33)37-34/h3-5,8-11,13-14,18-19,21H,6-7,12,15-17,20,33-34H2,1-2H3,(H,36,37). The second-order valence-electron chi connectivity index (χ2n) is 10.4. The lowest BCUT2D eigenvalue weighted by Gasteiger charge is -2.31. The molecule has 41 heavy (non-hydrogen) atoms. The molecule has 2 heterocycles. The van der Waals surface area contributed by atoms with Gasteiger partial charge in [-0.25, -0.2) is 5.84 Å². The monoisotopic (exact) mass is 551 g/mol. The first-order valence-corrected chi connectivity index (χ1v) is 14.0. The van der Waals surface area contributed by atoms with Crippen LogP contribution >= 0.6 is 0 Å². The summed E-state index contributed by atoms with van der Waals surface area (Å²) in [4.78, 5) is 15.2. The van der Waals surface area contributed by atoms with Crippen molar-refractivity contribution in [2.75, 3.05) is 18.1 Å². The van der Waals surface area contributed by atoms with Gasteiger partial charge in [-0.15, -0.1) is 0 Å². The van der Waals surface area contributed by atoms with Crippen LogP contribution in [0.4, 0.5) is 5.69 Å². The number of nitrogens with two attached hydrogens (primary N) is 2. The maximum atomic E-state index is 13.3. The van der Waals surface area contributed by atoms with Gasteiger partial charge in [0.1, 0.15) is 5.75 Å². The molecule has 1 aliphatic heterocycles. The lowest BCUT2D eigenvalue weighted by molar-refractivity contribution is -0.118. The molecule has 3 aromatic carbocycles. The van der Waals surface area contributed by atoms with Crippen molar-refractivity contribution in [2.45, 2.75) is 46.1 Å². The fraction of sp³-hybridized carbons (Fsp3) is 0.281. The quantitative estimate of drug-likeness (QED) is 0.0929. The van der Waals surface area contributed by atoms with Crippen LogP contribution in [0.2, 0.25) is 0 Å². The topological polar surface area (TPSA) is 124 Å². The van der Waals surface area contributed by atoms with E-state index in [0.717, 1.165) is 58.6 Å². The van der Waals surface area contributed by atoms with Crippen LogP contribution in [0.25, 0.3) is 11.1 Å². The Morgan fingerprint density at radius 2 is 1.95 bits per heavy atom. The van der Waals surface area contributed by atoms with E-state index >= 15 is 0 Å². The van der Waals surface area contributed by atoms with Gasteiger partial charge in [-0.1, -0.05) is 42.5 Å². The molecular formula is C32H37N7O2. The van der Waals surface area contributed by atoms with Crippen LogP contribution in [-0.4, -0.2) is 34.7 Å². The van der Waals surface area contributed by atoms with Crippen molar-refractivity contribution in [3.05, 3.63) is 101 Å². The molecule has 0 spiro atoms. The molecule has 0 unspecified atom stereocenters. The maximum absolute atomic E-state index is 13.3. The number of carbonyl (C=O) groups is 1. The highest BCUT2D eigenvalue weighted by atomic mass is 16.5. The van der Waals surface area contributed by atoms with E-state index in [1.54, 1.807) is 0 Å². The first kappa shape index (κ1) is 27.9. The zero-order valence-corrected chi connectivity index (χ0v) is 23.6. The molecule has 212 valence electrons. The fourth-order valence-electron chi connectivity index (χ4n) is 5.36. The molecule has 0 bridgehead atoms. The van der Waals surface area contributed by atoms with E-state index in [9.17, 15) is 4.79 Å². The molecule has 0 fully saturated rings. The first-order valence-electron chi connectivity index (χ1n) is 14.0. The van der Waals surface area contributed by atoms with E-state index in [4.69, 9.17) is 16.4 Å². The smallest absolute Gasteiger partial charge is 0.227 e. The van der Waals surface area contributed by atoms with Crippen LogP contribution in [0.15, 0.2) is 78.2 Å². The molecule has 4 aromatic rings. The SMILES string of the molecule is Cc1cccc(OCCCC(=O)N2CCCc3c(-c4cnn(Cc5cccc(C(=NN)NN)c5)c4)cccc32)c1C. The Kier molecular flexibility index (Phi) is 8.64. The maximum Gasteiger partial charge on any atom is 0.227 e. The Morgan fingerprint density at radius 3 is 2.78 bits per heavy atom. The normalized spacial score (nSPS) is 13.1. The van der Waals surface area contributed by atoms with Crippen molar-refractivity contribution in [3.8, 4) is 16.9 Å². The molecule has 1 aromatic heterocycles. The minimum atomic E-state index is 0.135. The number of benzene rings is 3. The minimum Gasteiger partial charge on any atom is -0.493 e. The van der Waals surface area contributed by atoms with E-state index in [2.05, 4.69) is 47.7 Å². The fourth-order valence-corrected chi connectivity index (χ4v) is 5.36. The summed E-state index contributed by atoms with van der Waals surface area (Å²) in [5, 5.41) is 8.31. The molecule has 0 saturated heterocycles. The van der Waals surface area contributed by atoms with Crippen LogP contribution in [0.3, 0.4) is 0 Å². The van der Waals surface area contributed by atoms with Crippen LogP contribution in [-0.2, 0) is 17.8 Å². The third-order valence-electron chi connectivity index (χ3n) is 7.65. The summed E-state index contributed by atoms with van der Waals surface area (Å²) < 4.78 is 7.88. The second kappa shape index (κ2) is 12.7. The molecule has 5 N–H and O–H groups in total. The number of rotatable bonds is 9. The molecule has 1 aliphatic rings. The van der Waals surface area contributed by atoms with Gasteiger partial charge in [0.25, 0.3) is 0 Å². The van der Waals surface area contributed by atoms with E-state index in [1.165, 1.54) is 11.1 Å². The number of nitrogens with one attached hydrogen (secondary N) is 1. The molecule has 1 amide bonds. The van der Waals surface area contributed by atoms with Crippen molar-refractivity contribution in [2.24, 2.45) is 16.8 Å². The van der Waals surface area contributed by atoms with Crippen molar-refractivity contribution >= 4 is 17.4 Å². The third-order valence-corrected chi connectivity index (χ3v) is 7.65. The zero-order chi connectivity index (χ0) is 28.8. The number of hydrazone groups is 1. The second-order valence-corrected chi connectivity index (χ2v) is 10.4. The Bertz CT molecular complexity index is 1560. The number of ether oxygens (including phenoxy) is 1. The van der Waals surface area contributed by atoms with Gasteiger partial charge < -0.3 is 20.9 Å². The van der Waals surface area contributed by atoms with Gasteiger partial charge in [0, 0.05) is 36.0 Å². The van der Waals surface area contributed by atoms with Crippen molar-refractivity contribution < 1.29 is 9.53 Å². The number of fused-ring (bicyclic) bond motifs is 1. The van der Waals surface area contributed by atoms with Gasteiger partial charge in [-0.3, -0.25) is 9.48 Å². The largest absolute Gasteiger partial charge is 0.493 e. The van der Waals surface area contributed by atoms with Crippen LogP contribution in [0, 0.1) is 13.8 Å². The number of hydrazine groups is 1. The summed E-state index contributed by atoms with van der Waals surface area (Å²) in [6.45, 7) is 5.97. The molecule has 0 atom stereocenters. The lowest BCUT2D eigenvalue weighted by atomic mass is 9.93. The average Bonchev–Trinajstić information content (AvgIpc) is 3.45. The molecule has 0 saturated carbocycles. The number of hydrogen-bond acceptors (Lipinski definition) is 6. The number of hydrogen-bond donors (Lipinski definition) is 3. The summed E-state index contributed by atoms with van der Waals surface area (Å²) in [7, 11) is 0. The molecular weight excluding hydrogens is 514 g/mol. The van der Waals surface area contributed by atoms with Gasteiger partial charge in [0.2, 0.25) is 5.91 Å². The van der Waals surface area contributed by atoms with Crippen LogP contribution in [0.1, 0.15) is 47.1 Å². The van der Waals surface area contributed by atoms with Gasteiger partial charge in [-0.2, -0.15) is 10.2 Å². The number of nitrogens with zero attached hydrogens (tertiary/aromatic N) is 4. The number of carbonyl (C=O) groups excluding carboxylic acids is 1. The first-order chi connectivity index (χ1) is 20.0. The number of anilines is 1. The van der Waals surface area contributed by atoms with E-state index in [0.29, 0.717) is 31.8 Å². The summed E-state index contributed by atoms with van der Waals surface area (Å²) in [6.07, 6.45) is 6.90. The number of aryl methyl sites for hydroxylation is 1. The predicted molar refractivity (Wildman–Crippen MR) is 163 cm³/mol. The highest BCUT2D eigenvalue weighted by Crippen LogP contribution is 2.36. The Hall–Kier alpha value is -4.63. The third kappa shape index (κ3) is 6.25. The Labute approximate surface area is 240 Å². The predicted octanol–water partition coefficient (Wildman–Crippen LogP) is 4.44. The molecule has 5 rings (SSSR count). The minimum absolute atomic E-state index is 0.135. The number of aromatic nitrogens is 2. The van der Waals surface area contributed by atoms with Gasteiger partial charge >= 0.3 is 0 Å². The zero-order valence-electron chi connectivity index (χ0n) is 23.6. The summed E-state index contributed by atoms with van der Waals surface area (Å²) in [6, 6.07) is 20.1. The van der Waals surface area contributed by atoms with Crippen molar-refractivity contribution in [1.29, 1.82) is 0 Å². The summed E-state index contributed by atoms with van der Waals surface area (Å²) in [5.41, 5.74) is 11.0. The molecule has 9 heteroatoms. The summed E-state index contributed by atoms with van der Waals surface area (Å²) >= 11 is 0. The van der Waals surface area contributed by atoms with Gasteiger partial charge in [-0.05, 0) is 79.1 Å². The Morgan fingerprint density at radius 1 is 1.12 bits per heavy atom. The van der Waals surface area contributed by atoms with Crippen molar-refractivity contribution in [3.63, 3.8) is 0 Å². The van der Waals surface area contributed by atoms with E-state index in [1.807, 2.05) is 64.4 Å². The molecule has 0 aliphatic carbocycles. The average molecular weight is 552 g/mol. The van der Waals surface area contributed by atoms with Crippen LogP contribution in [0.5, 0.6) is 5.75 Å². The molecule has 0 radical (unpaired) electrons. The molecule has 9 nitrogen and oxygen atoms in total. The van der Waals surface area contributed by atoms with Crippen molar-refractivity contribution in [1.82, 2.24) is 15.2 Å². The highest BCUT2D eigenvalue weighted by molar-refractivity contribution is 5.98.